The van der Waals surface area contributed by atoms with Gasteiger partial charge in [-0.05, 0) is 42.8 Å². The van der Waals surface area contributed by atoms with Gasteiger partial charge in [0.15, 0.2) is 0 Å². The first-order valence-corrected chi connectivity index (χ1v) is 5.77. The molecule has 5 nitrogen and oxygen atoms in total. The summed E-state index contributed by atoms with van der Waals surface area (Å²) in [5.74, 6) is 0.481. The summed E-state index contributed by atoms with van der Waals surface area (Å²) < 4.78 is 5.11. The second-order valence-electron chi connectivity index (χ2n) is 4.11. The zero-order valence-electron chi connectivity index (χ0n) is 10.8. The molecule has 0 unspecified atom stereocenters. The molecule has 1 amide bonds. The van der Waals surface area contributed by atoms with E-state index in [0.717, 1.165) is 17.0 Å². The van der Waals surface area contributed by atoms with Gasteiger partial charge in [0.25, 0.3) is 5.91 Å². The second kappa shape index (κ2) is 5.39. The van der Waals surface area contributed by atoms with Crippen LogP contribution in [0.4, 0.5) is 11.4 Å². The number of nitrogen functional groups attached to an aromatic ring is 1. The zero-order valence-corrected chi connectivity index (χ0v) is 10.8. The molecule has 0 bridgehead atoms. The number of amides is 1. The molecule has 1 aromatic carbocycles. The highest BCUT2D eigenvalue weighted by atomic mass is 16.5. The van der Waals surface area contributed by atoms with E-state index in [1.54, 1.807) is 31.4 Å². The van der Waals surface area contributed by atoms with Crippen molar-refractivity contribution in [2.24, 2.45) is 0 Å². The predicted molar refractivity (Wildman–Crippen MR) is 74.3 cm³/mol. The number of benzene rings is 1. The minimum Gasteiger partial charge on any atom is -0.497 e. The van der Waals surface area contributed by atoms with Crippen molar-refractivity contribution in [1.29, 1.82) is 0 Å². The van der Waals surface area contributed by atoms with Gasteiger partial charge in [-0.1, -0.05) is 0 Å². The lowest BCUT2D eigenvalue weighted by atomic mass is 10.2. The lowest BCUT2D eigenvalue weighted by Crippen LogP contribution is -2.14. The highest BCUT2D eigenvalue weighted by Crippen LogP contribution is 2.21. The van der Waals surface area contributed by atoms with Crippen LogP contribution in [0, 0.1) is 6.92 Å². The largest absolute Gasteiger partial charge is 0.497 e. The van der Waals surface area contributed by atoms with Gasteiger partial charge in [0.2, 0.25) is 0 Å². The van der Waals surface area contributed by atoms with Crippen molar-refractivity contribution in [3.63, 3.8) is 0 Å². The Morgan fingerprint density at radius 1 is 1.32 bits per heavy atom. The summed E-state index contributed by atoms with van der Waals surface area (Å²) in [6.07, 6.45) is 1.45. The van der Waals surface area contributed by atoms with Crippen molar-refractivity contribution in [2.45, 2.75) is 6.92 Å². The average Bonchev–Trinajstić information content (AvgIpc) is 2.41. The van der Waals surface area contributed by atoms with Crippen LogP contribution in [0.15, 0.2) is 36.5 Å². The lowest BCUT2D eigenvalue weighted by molar-refractivity contribution is 0.102. The lowest BCUT2D eigenvalue weighted by Gasteiger charge is -2.09. The van der Waals surface area contributed by atoms with E-state index in [0.29, 0.717) is 11.4 Å². The highest BCUT2D eigenvalue weighted by Gasteiger charge is 2.09. The van der Waals surface area contributed by atoms with Crippen molar-refractivity contribution in [3.05, 3.63) is 47.8 Å². The molecule has 0 spiro atoms. The van der Waals surface area contributed by atoms with Crippen LogP contribution in [0.25, 0.3) is 0 Å². The summed E-state index contributed by atoms with van der Waals surface area (Å²) in [4.78, 5) is 16.0. The number of aryl methyl sites for hydroxylation is 1. The van der Waals surface area contributed by atoms with Gasteiger partial charge in [-0.25, -0.2) is 4.98 Å². The molecule has 3 N–H and O–H groups in total. The Balaban J connectivity index is 2.17. The normalized spacial score (nSPS) is 10.0. The monoisotopic (exact) mass is 257 g/mol. The van der Waals surface area contributed by atoms with Crippen molar-refractivity contribution in [3.8, 4) is 5.75 Å². The molecular formula is C14H15N3O2. The summed E-state index contributed by atoms with van der Waals surface area (Å²) >= 11 is 0. The number of rotatable bonds is 3. The van der Waals surface area contributed by atoms with E-state index < -0.39 is 0 Å². The van der Waals surface area contributed by atoms with Crippen LogP contribution in [0.5, 0.6) is 5.75 Å². The SMILES string of the molecule is COc1ccc(NC(=O)c2ccc(N)cn2)c(C)c1. The number of nitrogens with two attached hydrogens (primary N) is 1. The Bertz CT molecular complexity index is 594. The molecule has 1 aromatic heterocycles. The molecule has 0 saturated heterocycles. The van der Waals surface area contributed by atoms with E-state index in [1.165, 1.54) is 6.20 Å². The molecule has 0 aliphatic carbocycles. The Labute approximate surface area is 111 Å². The molecule has 1 heterocycles. The molecular weight excluding hydrogens is 242 g/mol. The molecule has 98 valence electrons. The van der Waals surface area contributed by atoms with Gasteiger partial charge in [0, 0.05) is 5.69 Å². The molecule has 5 heteroatoms. The van der Waals surface area contributed by atoms with Crippen LogP contribution in [0.3, 0.4) is 0 Å². The van der Waals surface area contributed by atoms with E-state index in [-0.39, 0.29) is 5.91 Å². The second-order valence-corrected chi connectivity index (χ2v) is 4.11. The number of ether oxygens (including phenoxy) is 1. The average molecular weight is 257 g/mol. The summed E-state index contributed by atoms with van der Waals surface area (Å²) in [7, 11) is 1.60. The van der Waals surface area contributed by atoms with Crippen molar-refractivity contribution < 1.29 is 9.53 Å². The Hall–Kier alpha value is -2.56. The van der Waals surface area contributed by atoms with Gasteiger partial charge in [-0.15, -0.1) is 0 Å². The molecule has 0 aliphatic rings. The van der Waals surface area contributed by atoms with E-state index in [4.69, 9.17) is 10.5 Å². The van der Waals surface area contributed by atoms with Crippen LogP contribution in [-0.2, 0) is 0 Å². The number of hydrogen-bond donors (Lipinski definition) is 2. The van der Waals surface area contributed by atoms with Crippen LogP contribution in [0.1, 0.15) is 16.1 Å². The van der Waals surface area contributed by atoms with Gasteiger partial charge in [0.05, 0.1) is 19.0 Å². The fourth-order valence-electron chi connectivity index (χ4n) is 1.63. The van der Waals surface area contributed by atoms with E-state index in [2.05, 4.69) is 10.3 Å². The first kappa shape index (κ1) is 12.9. The molecule has 0 radical (unpaired) electrons. The smallest absolute Gasteiger partial charge is 0.274 e. The van der Waals surface area contributed by atoms with Gasteiger partial charge in [0.1, 0.15) is 11.4 Å². The van der Waals surface area contributed by atoms with Gasteiger partial charge >= 0.3 is 0 Å². The first-order valence-electron chi connectivity index (χ1n) is 5.77. The number of aromatic nitrogens is 1. The van der Waals surface area contributed by atoms with Crippen LogP contribution < -0.4 is 15.8 Å². The van der Waals surface area contributed by atoms with E-state index in [1.807, 2.05) is 13.0 Å². The number of carbonyl (C=O) groups is 1. The summed E-state index contributed by atoms with van der Waals surface area (Å²) in [6.45, 7) is 1.90. The third-order valence-electron chi connectivity index (χ3n) is 2.70. The van der Waals surface area contributed by atoms with Crippen molar-refractivity contribution in [1.82, 2.24) is 4.98 Å². The molecule has 0 saturated carbocycles. The maximum absolute atomic E-state index is 12.0. The fourth-order valence-corrected chi connectivity index (χ4v) is 1.63. The van der Waals surface area contributed by atoms with Crippen molar-refractivity contribution >= 4 is 17.3 Å². The van der Waals surface area contributed by atoms with Crippen LogP contribution in [0.2, 0.25) is 0 Å². The standard InChI is InChI=1S/C14H15N3O2/c1-9-7-11(19-2)4-6-12(9)17-14(18)13-5-3-10(15)8-16-13/h3-8H,15H2,1-2H3,(H,17,18). The number of carbonyl (C=O) groups excluding carboxylic acids is 1. The third kappa shape index (κ3) is 3.01. The Morgan fingerprint density at radius 3 is 2.68 bits per heavy atom. The summed E-state index contributed by atoms with van der Waals surface area (Å²) in [5.41, 5.74) is 8.02. The van der Waals surface area contributed by atoms with Gasteiger partial charge < -0.3 is 15.8 Å². The number of nitrogens with zero attached hydrogens (tertiary/aromatic N) is 1. The van der Waals surface area contributed by atoms with Crippen molar-refractivity contribution in [2.75, 3.05) is 18.2 Å². The summed E-state index contributed by atoms with van der Waals surface area (Å²) in [6, 6.07) is 8.67. The quantitative estimate of drug-likeness (QED) is 0.884. The number of pyridine rings is 1. The maximum atomic E-state index is 12.0. The molecule has 0 fully saturated rings. The summed E-state index contributed by atoms with van der Waals surface area (Å²) in [5, 5.41) is 2.80. The van der Waals surface area contributed by atoms with Gasteiger partial charge in [-0.2, -0.15) is 0 Å². The maximum Gasteiger partial charge on any atom is 0.274 e. The Kier molecular flexibility index (Phi) is 3.66. The van der Waals surface area contributed by atoms with Gasteiger partial charge in [-0.3, -0.25) is 4.79 Å². The molecule has 2 aromatic rings. The number of nitrogens with one attached hydrogen (secondary N) is 1. The predicted octanol–water partition coefficient (Wildman–Crippen LogP) is 2.23. The molecule has 19 heavy (non-hydrogen) atoms. The number of hydrogen-bond acceptors (Lipinski definition) is 4. The minimum absolute atomic E-state index is 0.270. The highest BCUT2D eigenvalue weighted by molar-refractivity contribution is 6.03. The third-order valence-corrected chi connectivity index (χ3v) is 2.70. The number of anilines is 2. The first-order chi connectivity index (χ1) is 9.10. The van der Waals surface area contributed by atoms with Crippen LogP contribution >= 0.6 is 0 Å². The topological polar surface area (TPSA) is 77.2 Å². The zero-order chi connectivity index (χ0) is 13.8. The molecule has 0 atom stereocenters. The Morgan fingerprint density at radius 2 is 2.11 bits per heavy atom. The molecule has 0 aliphatic heterocycles. The molecule has 2 rings (SSSR count). The van der Waals surface area contributed by atoms with Crippen LogP contribution in [-0.4, -0.2) is 18.0 Å². The minimum atomic E-state index is -0.270. The number of methoxy groups -OCH3 is 1. The van der Waals surface area contributed by atoms with E-state index in [9.17, 15) is 4.79 Å². The van der Waals surface area contributed by atoms with E-state index >= 15 is 0 Å². The fraction of sp³-hybridized carbons (Fsp3) is 0.143.